The Morgan fingerprint density at radius 2 is 2.00 bits per heavy atom. The van der Waals surface area contributed by atoms with Gasteiger partial charge in [-0.3, -0.25) is 0 Å². The summed E-state index contributed by atoms with van der Waals surface area (Å²) in [6, 6.07) is 10.5. The Bertz CT molecular complexity index is 471. The van der Waals surface area contributed by atoms with E-state index in [1.165, 1.54) is 25.5 Å². The van der Waals surface area contributed by atoms with E-state index < -0.39 is 0 Å². The highest BCUT2D eigenvalue weighted by molar-refractivity contribution is 9.10. The maximum absolute atomic E-state index is 3.54. The SMILES string of the molecule is Cc1ccccc1NCc1cc(Br)c(C)s1. The van der Waals surface area contributed by atoms with Gasteiger partial charge in [0.05, 0.1) is 0 Å². The van der Waals surface area contributed by atoms with Crippen LogP contribution in [0.1, 0.15) is 15.3 Å². The normalized spacial score (nSPS) is 10.4. The van der Waals surface area contributed by atoms with Crippen LogP contribution in [0.25, 0.3) is 0 Å². The second kappa shape index (κ2) is 5.02. The van der Waals surface area contributed by atoms with Crippen molar-refractivity contribution in [1.82, 2.24) is 0 Å². The van der Waals surface area contributed by atoms with Crippen molar-refractivity contribution in [2.45, 2.75) is 20.4 Å². The molecular formula is C13H14BrNS. The summed E-state index contributed by atoms with van der Waals surface area (Å²) in [7, 11) is 0. The lowest BCUT2D eigenvalue weighted by Crippen LogP contribution is -1.98. The molecule has 0 saturated carbocycles. The Morgan fingerprint density at radius 1 is 1.25 bits per heavy atom. The van der Waals surface area contributed by atoms with Crippen LogP contribution in [0.3, 0.4) is 0 Å². The van der Waals surface area contributed by atoms with Crippen LogP contribution < -0.4 is 5.32 Å². The van der Waals surface area contributed by atoms with Crippen LogP contribution in [0.4, 0.5) is 5.69 Å². The predicted molar refractivity (Wildman–Crippen MR) is 75.3 cm³/mol. The number of hydrogen-bond donors (Lipinski definition) is 1. The van der Waals surface area contributed by atoms with Gasteiger partial charge >= 0.3 is 0 Å². The van der Waals surface area contributed by atoms with Crippen LogP contribution in [0, 0.1) is 13.8 Å². The first-order valence-corrected chi connectivity index (χ1v) is 6.82. The van der Waals surface area contributed by atoms with E-state index in [-0.39, 0.29) is 0 Å². The topological polar surface area (TPSA) is 12.0 Å². The fraction of sp³-hybridized carbons (Fsp3) is 0.231. The van der Waals surface area contributed by atoms with Crippen LogP contribution in [0.5, 0.6) is 0 Å². The first kappa shape index (κ1) is 11.7. The van der Waals surface area contributed by atoms with Gasteiger partial charge in [-0.1, -0.05) is 18.2 Å². The number of rotatable bonds is 3. The molecule has 0 aliphatic carbocycles. The maximum Gasteiger partial charge on any atom is 0.0494 e. The molecule has 0 saturated heterocycles. The molecule has 1 heterocycles. The summed E-state index contributed by atoms with van der Waals surface area (Å²) in [5.74, 6) is 0. The zero-order valence-electron chi connectivity index (χ0n) is 9.38. The summed E-state index contributed by atoms with van der Waals surface area (Å²) in [5.41, 5.74) is 2.50. The Hall–Kier alpha value is -0.800. The fourth-order valence-electron chi connectivity index (χ4n) is 1.56. The second-order valence-corrected chi connectivity index (χ2v) is 5.98. The van der Waals surface area contributed by atoms with Crippen molar-refractivity contribution in [2.75, 3.05) is 5.32 Å². The molecule has 0 radical (unpaired) electrons. The van der Waals surface area contributed by atoms with E-state index in [1.807, 2.05) is 11.3 Å². The molecule has 0 spiro atoms. The third-order valence-electron chi connectivity index (χ3n) is 2.51. The minimum atomic E-state index is 0.891. The van der Waals surface area contributed by atoms with Crippen LogP contribution in [0.2, 0.25) is 0 Å². The highest BCUT2D eigenvalue weighted by Gasteiger charge is 2.03. The van der Waals surface area contributed by atoms with Crippen molar-refractivity contribution in [2.24, 2.45) is 0 Å². The number of halogens is 1. The average Bonchev–Trinajstić information content (AvgIpc) is 2.57. The second-order valence-electron chi connectivity index (χ2n) is 3.79. The molecule has 1 aromatic carbocycles. The Labute approximate surface area is 109 Å². The third-order valence-corrected chi connectivity index (χ3v) is 4.64. The van der Waals surface area contributed by atoms with Crippen LogP contribution in [0.15, 0.2) is 34.8 Å². The molecule has 0 unspecified atom stereocenters. The minimum absolute atomic E-state index is 0.891. The molecule has 0 bridgehead atoms. The van der Waals surface area contributed by atoms with E-state index in [4.69, 9.17) is 0 Å². The standard InChI is InChI=1S/C13H14BrNS/c1-9-5-3-4-6-13(9)15-8-11-7-12(14)10(2)16-11/h3-7,15H,8H2,1-2H3. The lowest BCUT2D eigenvalue weighted by atomic mass is 10.2. The number of thiophene rings is 1. The smallest absolute Gasteiger partial charge is 0.0494 e. The zero-order valence-corrected chi connectivity index (χ0v) is 11.8. The van der Waals surface area contributed by atoms with E-state index in [0.29, 0.717) is 0 Å². The number of anilines is 1. The van der Waals surface area contributed by atoms with Gasteiger partial charge < -0.3 is 5.32 Å². The van der Waals surface area contributed by atoms with Crippen molar-refractivity contribution in [3.8, 4) is 0 Å². The number of aryl methyl sites for hydroxylation is 2. The van der Waals surface area contributed by atoms with Gasteiger partial charge in [0.2, 0.25) is 0 Å². The molecule has 0 aliphatic heterocycles. The Kier molecular flexibility index (Phi) is 3.66. The average molecular weight is 296 g/mol. The molecule has 84 valence electrons. The lowest BCUT2D eigenvalue weighted by molar-refractivity contribution is 1.18. The van der Waals surface area contributed by atoms with E-state index in [0.717, 1.165) is 6.54 Å². The third kappa shape index (κ3) is 2.66. The maximum atomic E-state index is 3.54. The molecule has 16 heavy (non-hydrogen) atoms. The first-order chi connectivity index (χ1) is 7.66. The van der Waals surface area contributed by atoms with E-state index in [9.17, 15) is 0 Å². The van der Waals surface area contributed by atoms with Gasteiger partial charge in [0, 0.05) is 26.5 Å². The molecule has 2 aromatic rings. The van der Waals surface area contributed by atoms with Gasteiger partial charge in [-0.15, -0.1) is 11.3 Å². The van der Waals surface area contributed by atoms with Crippen molar-refractivity contribution >= 4 is 33.0 Å². The molecule has 0 fully saturated rings. The number of hydrogen-bond acceptors (Lipinski definition) is 2. The van der Waals surface area contributed by atoms with Crippen LogP contribution in [-0.4, -0.2) is 0 Å². The van der Waals surface area contributed by atoms with Gasteiger partial charge in [0.25, 0.3) is 0 Å². The van der Waals surface area contributed by atoms with Gasteiger partial charge in [-0.25, -0.2) is 0 Å². The lowest BCUT2D eigenvalue weighted by Gasteiger charge is -2.07. The van der Waals surface area contributed by atoms with Crippen molar-refractivity contribution in [3.63, 3.8) is 0 Å². The summed E-state index contributed by atoms with van der Waals surface area (Å²) < 4.78 is 1.21. The quantitative estimate of drug-likeness (QED) is 0.862. The molecule has 2 rings (SSSR count). The highest BCUT2D eigenvalue weighted by atomic mass is 79.9. The highest BCUT2D eigenvalue weighted by Crippen LogP contribution is 2.27. The molecule has 1 nitrogen and oxygen atoms in total. The summed E-state index contributed by atoms with van der Waals surface area (Å²) in [6.45, 7) is 5.14. The molecule has 0 aliphatic rings. The van der Waals surface area contributed by atoms with Gasteiger partial charge in [0.15, 0.2) is 0 Å². The Morgan fingerprint density at radius 3 is 2.62 bits per heavy atom. The van der Waals surface area contributed by atoms with Gasteiger partial charge in [0.1, 0.15) is 0 Å². The number of benzene rings is 1. The summed E-state index contributed by atoms with van der Waals surface area (Å²) in [5, 5.41) is 3.46. The van der Waals surface area contributed by atoms with E-state index >= 15 is 0 Å². The van der Waals surface area contributed by atoms with Crippen molar-refractivity contribution in [1.29, 1.82) is 0 Å². The van der Waals surface area contributed by atoms with E-state index in [2.05, 4.69) is 65.4 Å². The minimum Gasteiger partial charge on any atom is -0.380 e. The zero-order chi connectivity index (χ0) is 11.5. The molecule has 0 atom stereocenters. The molecule has 1 aromatic heterocycles. The van der Waals surface area contributed by atoms with Gasteiger partial charge in [-0.05, 0) is 47.5 Å². The summed E-state index contributed by atoms with van der Waals surface area (Å²) in [6.07, 6.45) is 0. The number of para-hydroxylation sites is 1. The van der Waals surface area contributed by atoms with Crippen LogP contribution in [-0.2, 0) is 6.54 Å². The fourth-order valence-corrected chi connectivity index (χ4v) is 3.10. The van der Waals surface area contributed by atoms with Crippen molar-refractivity contribution < 1.29 is 0 Å². The van der Waals surface area contributed by atoms with Crippen molar-refractivity contribution in [3.05, 3.63) is 50.1 Å². The molecule has 3 heteroatoms. The van der Waals surface area contributed by atoms with E-state index in [1.54, 1.807) is 0 Å². The predicted octanol–water partition coefficient (Wildman–Crippen LogP) is 4.74. The summed E-state index contributed by atoms with van der Waals surface area (Å²) >= 11 is 5.37. The van der Waals surface area contributed by atoms with Crippen LogP contribution >= 0.6 is 27.3 Å². The summed E-state index contributed by atoms with van der Waals surface area (Å²) in [4.78, 5) is 2.69. The number of nitrogens with one attached hydrogen (secondary N) is 1. The molecule has 0 amide bonds. The molecule has 1 N–H and O–H groups in total. The Balaban J connectivity index is 2.05. The van der Waals surface area contributed by atoms with Gasteiger partial charge in [-0.2, -0.15) is 0 Å². The molecular weight excluding hydrogens is 282 g/mol. The monoisotopic (exact) mass is 295 g/mol. The first-order valence-electron chi connectivity index (χ1n) is 5.21. The largest absolute Gasteiger partial charge is 0.380 e.